The Balaban J connectivity index is 1.69. The number of hydroxylamine groups is 1. The molecule has 8 heteroatoms. The van der Waals surface area contributed by atoms with Crippen LogP contribution in [0.4, 0.5) is 4.79 Å². The van der Waals surface area contributed by atoms with E-state index in [1.54, 1.807) is 22.5 Å². The van der Waals surface area contributed by atoms with Crippen LogP contribution in [0.15, 0.2) is 24.4 Å². The summed E-state index contributed by atoms with van der Waals surface area (Å²) in [5.74, 6) is -0.525. The molecule has 0 bridgehead atoms. The third-order valence-corrected chi connectivity index (χ3v) is 4.85. The number of nitrogens with one attached hydrogen (secondary N) is 1. The average Bonchev–Trinajstić information content (AvgIpc) is 2.95. The molecule has 8 nitrogen and oxygen atoms in total. The molecular formula is C20H28N4O4. The standard InChI is InChI=1S/C20H28N4O4/c1-20(2,3)28-19(26)24-9-7-23(8-10-24)13-15-12-22(4)17-6-5-14(11-16(15)17)18(25)21-27/h5-6,11-12,27H,7-10,13H2,1-4H3,(H,21,25). The Labute approximate surface area is 164 Å². The highest BCUT2D eigenvalue weighted by Crippen LogP contribution is 2.24. The van der Waals surface area contributed by atoms with Crippen LogP contribution in [0.5, 0.6) is 0 Å². The zero-order chi connectivity index (χ0) is 20.5. The van der Waals surface area contributed by atoms with E-state index in [0.717, 1.165) is 36.1 Å². The summed E-state index contributed by atoms with van der Waals surface area (Å²) >= 11 is 0. The van der Waals surface area contributed by atoms with Gasteiger partial charge in [0.15, 0.2) is 0 Å². The first kappa shape index (κ1) is 20.2. The number of hydrogen-bond acceptors (Lipinski definition) is 5. The fraction of sp³-hybridized carbons (Fsp3) is 0.500. The van der Waals surface area contributed by atoms with Gasteiger partial charge in [-0.25, -0.2) is 10.3 Å². The van der Waals surface area contributed by atoms with Gasteiger partial charge in [0, 0.05) is 62.4 Å². The van der Waals surface area contributed by atoms with E-state index in [1.165, 1.54) is 0 Å². The molecule has 2 amide bonds. The minimum absolute atomic E-state index is 0.267. The molecule has 0 aliphatic carbocycles. The summed E-state index contributed by atoms with van der Waals surface area (Å²) < 4.78 is 7.47. The van der Waals surface area contributed by atoms with Gasteiger partial charge in [0.1, 0.15) is 5.60 Å². The SMILES string of the molecule is Cn1cc(CN2CCN(C(=O)OC(C)(C)C)CC2)c2cc(C(=O)NO)ccc21. The Kier molecular flexibility index (Phi) is 5.62. The van der Waals surface area contributed by atoms with Gasteiger partial charge in [0.2, 0.25) is 0 Å². The number of amides is 2. The van der Waals surface area contributed by atoms with Crippen molar-refractivity contribution in [1.82, 2.24) is 19.8 Å². The number of ether oxygens (including phenoxy) is 1. The predicted molar refractivity (Wildman–Crippen MR) is 105 cm³/mol. The summed E-state index contributed by atoms with van der Waals surface area (Å²) in [6.07, 6.45) is 1.79. The number of rotatable bonds is 3. The summed E-state index contributed by atoms with van der Waals surface area (Å²) in [4.78, 5) is 28.0. The van der Waals surface area contributed by atoms with Gasteiger partial charge in [-0.15, -0.1) is 0 Å². The van der Waals surface area contributed by atoms with Crippen molar-refractivity contribution >= 4 is 22.9 Å². The minimum Gasteiger partial charge on any atom is -0.444 e. The molecule has 0 atom stereocenters. The molecular weight excluding hydrogens is 360 g/mol. The molecule has 1 aliphatic heterocycles. The van der Waals surface area contributed by atoms with Gasteiger partial charge in [-0.3, -0.25) is 14.9 Å². The zero-order valence-electron chi connectivity index (χ0n) is 16.9. The quantitative estimate of drug-likeness (QED) is 0.623. The minimum atomic E-state index is -0.525. The van der Waals surface area contributed by atoms with E-state index in [4.69, 9.17) is 9.94 Å². The molecule has 2 aromatic rings. The molecule has 0 unspecified atom stereocenters. The van der Waals surface area contributed by atoms with Gasteiger partial charge in [-0.2, -0.15) is 0 Å². The Morgan fingerprint density at radius 1 is 1.18 bits per heavy atom. The number of carbonyl (C=O) groups is 2. The van der Waals surface area contributed by atoms with Crippen LogP contribution in [0, 0.1) is 0 Å². The molecule has 2 N–H and O–H groups in total. The monoisotopic (exact) mass is 388 g/mol. The smallest absolute Gasteiger partial charge is 0.410 e. The van der Waals surface area contributed by atoms with Gasteiger partial charge in [-0.05, 0) is 44.5 Å². The summed E-state index contributed by atoms with van der Waals surface area (Å²) in [6.45, 7) is 9.09. The van der Waals surface area contributed by atoms with Crippen LogP contribution in [0.25, 0.3) is 10.9 Å². The van der Waals surface area contributed by atoms with E-state index in [2.05, 4.69) is 11.1 Å². The third kappa shape index (κ3) is 4.45. The lowest BCUT2D eigenvalue weighted by atomic mass is 10.1. The van der Waals surface area contributed by atoms with Gasteiger partial charge in [-0.1, -0.05) is 0 Å². The van der Waals surface area contributed by atoms with Gasteiger partial charge in [0.25, 0.3) is 5.91 Å². The van der Waals surface area contributed by atoms with Crippen LogP contribution < -0.4 is 5.48 Å². The summed E-state index contributed by atoms with van der Waals surface area (Å²) in [7, 11) is 1.97. The maximum absolute atomic E-state index is 12.2. The number of fused-ring (bicyclic) bond motifs is 1. The fourth-order valence-electron chi connectivity index (χ4n) is 3.46. The van der Waals surface area contributed by atoms with Crippen molar-refractivity contribution < 1.29 is 19.5 Å². The molecule has 0 saturated carbocycles. The Morgan fingerprint density at radius 3 is 2.46 bits per heavy atom. The number of aryl methyl sites for hydroxylation is 1. The van der Waals surface area contributed by atoms with E-state index >= 15 is 0 Å². The molecule has 1 fully saturated rings. The summed E-state index contributed by atoms with van der Waals surface area (Å²) in [5, 5.41) is 9.87. The first-order valence-corrected chi connectivity index (χ1v) is 9.40. The zero-order valence-corrected chi connectivity index (χ0v) is 16.9. The number of hydrogen-bond donors (Lipinski definition) is 2. The van der Waals surface area contributed by atoms with Crippen LogP contribution in [-0.2, 0) is 18.3 Å². The van der Waals surface area contributed by atoms with Crippen LogP contribution >= 0.6 is 0 Å². The second-order valence-electron chi connectivity index (χ2n) is 8.18. The Hall–Kier alpha value is -2.58. The highest BCUT2D eigenvalue weighted by atomic mass is 16.6. The lowest BCUT2D eigenvalue weighted by Gasteiger charge is -2.35. The van der Waals surface area contributed by atoms with E-state index < -0.39 is 11.5 Å². The maximum Gasteiger partial charge on any atom is 0.410 e. The van der Waals surface area contributed by atoms with Crippen LogP contribution in [-0.4, -0.2) is 63.4 Å². The molecule has 2 heterocycles. The molecule has 152 valence electrons. The number of carbonyl (C=O) groups excluding carboxylic acids is 2. The highest BCUT2D eigenvalue weighted by molar-refractivity contribution is 5.98. The van der Waals surface area contributed by atoms with Gasteiger partial charge >= 0.3 is 6.09 Å². The van der Waals surface area contributed by atoms with Crippen molar-refractivity contribution in [2.45, 2.75) is 32.9 Å². The molecule has 28 heavy (non-hydrogen) atoms. The normalized spacial score (nSPS) is 15.7. The van der Waals surface area contributed by atoms with Crippen molar-refractivity contribution in [2.24, 2.45) is 7.05 Å². The number of nitrogens with zero attached hydrogens (tertiary/aromatic N) is 3. The van der Waals surface area contributed by atoms with Crippen molar-refractivity contribution in [3.05, 3.63) is 35.5 Å². The fourth-order valence-corrected chi connectivity index (χ4v) is 3.46. The van der Waals surface area contributed by atoms with Gasteiger partial charge < -0.3 is 14.2 Å². The molecule has 0 spiro atoms. The highest BCUT2D eigenvalue weighted by Gasteiger charge is 2.26. The Morgan fingerprint density at radius 2 is 1.86 bits per heavy atom. The molecule has 1 aromatic heterocycles. The number of piperazine rings is 1. The van der Waals surface area contributed by atoms with Crippen LogP contribution in [0.2, 0.25) is 0 Å². The van der Waals surface area contributed by atoms with Crippen LogP contribution in [0.1, 0.15) is 36.7 Å². The van der Waals surface area contributed by atoms with Crippen molar-refractivity contribution in [3.63, 3.8) is 0 Å². The average molecular weight is 388 g/mol. The number of aromatic nitrogens is 1. The van der Waals surface area contributed by atoms with E-state index in [9.17, 15) is 9.59 Å². The second-order valence-corrected chi connectivity index (χ2v) is 8.18. The molecule has 3 rings (SSSR count). The molecule has 1 aromatic carbocycles. The van der Waals surface area contributed by atoms with Crippen molar-refractivity contribution in [3.8, 4) is 0 Å². The third-order valence-electron chi connectivity index (χ3n) is 4.85. The first-order valence-electron chi connectivity index (χ1n) is 9.40. The van der Waals surface area contributed by atoms with E-state index in [1.807, 2.05) is 38.5 Å². The first-order chi connectivity index (χ1) is 13.2. The van der Waals surface area contributed by atoms with E-state index in [0.29, 0.717) is 18.7 Å². The lowest BCUT2D eigenvalue weighted by molar-refractivity contribution is 0.0139. The van der Waals surface area contributed by atoms with Crippen LogP contribution in [0.3, 0.4) is 0 Å². The molecule has 1 aliphatic rings. The van der Waals surface area contributed by atoms with Crippen molar-refractivity contribution in [2.75, 3.05) is 26.2 Å². The van der Waals surface area contributed by atoms with Gasteiger partial charge in [0.05, 0.1) is 0 Å². The topological polar surface area (TPSA) is 87.0 Å². The molecule has 1 saturated heterocycles. The summed E-state index contributed by atoms with van der Waals surface area (Å²) in [5.41, 5.74) is 3.74. The maximum atomic E-state index is 12.2. The second kappa shape index (κ2) is 7.81. The molecule has 0 radical (unpaired) electrons. The number of benzene rings is 1. The Bertz CT molecular complexity index is 876. The summed E-state index contributed by atoms with van der Waals surface area (Å²) in [6, 6.07) is 5.37. The lowest BCUT2D eigenvalue weighted by Crippen LogP contribution is -2.49. The van der Waals surface area contributed by atoms with E-state index in [-0.39, 0.29) is 6.09 Å². The largest absolute Gasteiger partial charge is 0.444 e. The van der Waals surface area contributed by atoms with Crippen molar-refractivity contribution in [1.29, 1.82) is 0 Å². The predicted octanol–water partition coefficient (Wildman–Crippen LogP) is 2.35.